The third-order valence-corrected chi connectivity index (χ3v) is 6.31. The molecule has 36 heavy (non-hydrogen) atoms. The van der Waals surface area contributed by atoms with Crippen molar-refractivity contribution in [2.75, 3.05) is 21.3 Å². The molecule has 1 amide bonds. The van der Waals surface area contributed by atoms with Gasteiger partial charge < -0.3 is 14.8 Å². The van der Waals surface area contributed by atoms with Crippen molar-refractivity contribution in [3.05, 3.63) is 95.1 Å². The number of rotatable bonds is 10. The molecule has 0 unspecified atom stereocenters. The van der Waals surface area contributed by atoms with E-state index in [-0.39, 0.29) is 11.9 Å². The highest BCUT2D eigenvalue weighted by Gasteiger charge is 2.37. The highest BCUT2D eigenvalue weighted by atomic mass is 19.4. The summed E-state index contributed by atoms with van der Waals surface area (Å²) in [5.41, 5.74) is 0.636. The van der Waals surface area contributed by atoms with Crippen LogP contribution < -0.4 is 20.1 Å². The van der Waals surface area contributed by atoms with Gasteiger partial charge in [0.15, 0.2) is 11.5 Å². The maximum absolute atomic E-state index is 13.1. The van der Waals surface area contributed by atoms with Crippen LogP contribution in [0.2, 0.25) is 0 Å². The summed E-state index contributed by atoms with van der Waals surface area (Å²) in [6.45, 7) is 1.81. The number of carbonyl (C=O) groups excluding carboxylic acids is 1. The van der Waals surface area contributed by atoms with Crippen molar-refractivity contribution in [1.29, 1.82) is 0 Å². The molecule has 5 nitrogen and oxygen atoms in total. The zero-order valence-electron chi connectivity index (χ0n) is 20.8. The number of carbonyl (C=O) groups is 1. The summed E-state index contributed by atoms with van der Waals surface area (Å²) in [6.07, 6.45) is -3.38. The minimum Gasteiger partial charge on any atom is -0.493 e. The minimum atomic E-state index is -4.38. The van der Waals surface area contributed by atoms with Crippen molar-refractivity contribution in [2.24, 2.45) is 0 Å². The summed E-state index contributed by atoms with van der Waals surface area (Å²) in [4.78, 5) is 13.1. The molecule has 0 bridgehead atoms. The molecule has 0 heterocycles. The number of likely N-dealkylation sites (N-methyl/N-ethyl adjacent to an activating group) is 1. The Hall–Kier alpha value is -3.52. The standard InChI is InChI=1S/C28H31F3N2O3/c1-27(26(34)32-2,21-8-6-5-7-9-21)33-23(20-13-17-24(35-3)25(18-20)36-4)16-12-19-10-14-22(15-11-19)28(29,30)31/h5-11,13-15,17-18,23,33H,12,16H2,1-4H3,(H,32,34)/t23-,27-/m0/s1. The Bertz CT molecular complexity index is 1150. The SMILES string of the molecule is CNC(=O)[C@@](C)(N[C@@H](CCc1ccc(C(F)(F)F)cc1)c1ccc(OC)c(OC)c1)c1ccccc1. The van der Waals surface area contributed by atoms with Gasteiger partial charge in [0.2, 0.25) is 5.91 Å². The summed E-state index contributed by atoms with van der Waals surface area (Å²) in [6, 6.07) is 19.7. The number of halogens is 3. The van der Waals surface area contributed by atoms with Crippen LogP contribution in [0, 0.1) is 0 Å². The van der Waals surface area contributed by atoms with Gasteiger partial charge in [-0.2, -0.15) is 13.2 Å². The smallest absolute Gasteiger partial charge is 0.416 e. The Morgan fingerprint density at radius 2 is 1.53 bits per heavy atom. The Kier molecular flexibility index (Phi) is 8.63. The molecular weight excluding hydrogens is 469 g/mol. The molecule has 0 aliphatic carbocycles. The normalized spacial score (nSPS) is 14.0. The van der Waals surface area contributed by atoms with E-state index in [4.69, 9.17) is 9.47 Å². The van der Waals surface area contributed by atoms with E-state index in [1.165, 1.54) is 12.1 Å². The Morgan fingerprint density at radius 3 is 2.08 bits per heavy atom. The number of hydrogen-bond acceptors (Lipinski definition) is 4. The highest BCUT2D eigenvalue weighted by molar-refractivity contribution is 5.87. The van der Waals surface area contributed by atoms with E-state index >= 15 is 0 Å². The van der Waals surface area contributed by atoms with Gasteiger partial charge in [-0.15, -0.1) is 0 Å². The number of hydrogen-bond donors (Lipinski definition) is 2. The lowest BCUT2D eigenvalue weighted by molar-refractivity contribution is -0.137. The third-order valence-electron chi connectivity index (χ3n) is 6.31. The van der Waals surface area contributed by atoms with Gasteiger partial charge in [0, 0.05) is 13.1 Å². The molecule has 0 radical (unpaired) electrons. The number of aryl methyl sites for hydroxylation is 1. The van der Waals surface area contributed by atoms with Crippen LogP contribution in [0.15, 0.2) is 72.8 Å². The maximum atomic E-state index is 13.1. The first-order valence-corrected chi connectivity index (χ1v) is 11.6. The molecule has 0 aromatic heterocycles. The van der Waals surface area contributed by atoms with Gasteiger partial charge in [0.25, 0.3) is 0 Å². The quantitative estimate of drug-likeness (QED) is 0.378. The lowest BCUT2D eigenvalue weighted by atomic mass is 9.87. The van der Waals surface area contributed by atoms with Gasteiger partial charge in [-0.1, -0.05) is 48.5 Å². The van der Waals surface area contributed by atoms with E-state index in [0.717, 1.165) is 28.8 Å². The third kappa shape index (κ3) is 6.18. The molecule has 0 spiro atoms. The summed E-state index contributed by atoms with van der Waals surface area (Å²) < 4.78 is 49.8. The molecule has 3 rings (SSSR count). The molecule has 192 valence electrons. The molecule has 2 atom stereocenters. The molecule has 0 aliphatic heterocycles. The highest BCUT2D eigenvalue weighted by Crippen LogP contribution is 2.35. The van der Waals surface area contributed by atoms with Crippen LogP contribution in [-0.4, -0.2) is 27.2 Å². The number of alkyl halides is 3. The van der Waals surface area contributed by atoms with Crippen molar-refractivity contribution >= 4 is 5.91 Å². The molecule has 0 aliphatic rings. The summed E-state index contributed by atoms with van der Waals surface area (Å²) >= 11 is 0. The van der Waals surface area contributed by atoms with E-state index < -0.39 is 17.3 Å². The number of benzene rings is 3. The van der Waals surface area contributed by atoms with Gasteiger partial charge in [-0.05, 0) is 60.7 Å². The number of ether oxygens (including phenoxy) is 2. The van der Waals surface area contributed by atoms with Crippen molar-refractivity contribution in [2.45, 2.75) is 37.5 Å². The Morgan fingerprint density at radius 1 is 0.889 bits per heavy atom. The van der Waals surface area contributed by atoms with Crippen LogP contribution >= 0.6 is 0 Å². The maximum Gasteiger partial charge on any atom is 0.416 e. The summed E-state index contributed by atoms with van der Waals surface area (Å²) in [7, 11) is 4.68. The topological polar surface area (TPSA) is 59.6 Å². The van der Waals surface area contributed by atoms with E-state index in [9.17, 15) is 18.0 Å². The van der Waals surface area contributed by atoms with Crippen molar-refractivity contribution in [1.82, 2.24) is 10.6 Å². The fourth-order valence-corrected chi connectivity index (χ4v) is 4.21. The molecule has 8 heteroatoms. The van der Waals surface area contributed by atoms with Crippen LogP contribution in [0.4, 0.5) is 13.2 Å². The predicted molar refractivity (Wildman–Crippen MR) is 133 cm³/mol. The lowest BCUT2D eigenvalue weighted by Crippen LogP contribution is -2.52. The second-order valence-electron chi connectivity index (χ2n) is 8.61. The van der Waals surface area contributed by atoms with E-state index in [1.54, 1.807) is 27.3 Å². The van der Waals surface area contributed by atoms with Crippen molar-refractivity contribution in [3.63, 3.8) is 0 Å². The molecule has 2 N–H and O–H groups in total. The average Bonchev–Trinajstić information content (AvgIpc) is 2.90. The van der Waals surface area contributed by atoms with Gasteiger partial charge >= 0.3 is 6.18 Å². The van der Waals surface area contributed by atoms with Crippen LogP contribution in [0.3, 0.4) is 0 Å². The first kappa shape index (κ1) is 27.1. The summed E-state index contributed by atoms with van der Waals surface area (Å²) in [5.74, 6) is 0.895. The van der Waals surface area contributed by atoms with Gasteiger partial charge in [-0.25, -0.2) is 0 Å². The summed E-state index contributed by atoms with van der Waals surface area (Å²) in [5, 5.41) is 6.26. The Balaban J connectivity index is 1.97. The molecule has 0 fully saturated rings. The van der Waals surface area contributed by atoms with Crippen molar-refractivity contribution in [3.8, 4) is 11.5 Å². The molecule has 3 aromatic carbocycles. The van der Waals surface area contributed by atoms with Gasteiger partial charge in [-0.3, -0.25) is 10.1 Å². The number of amides is 1. The minimum absolute atomic E-state index is 0.214. The van der Waals surface area contributed by atoms with E-state index in [2.05, 4.69) is 10.6 Å². The second kappa shape index (κ2) is 11.5. The first-order valence-electron chi connectivity index (χ1n) is 11.6. The van der Waals surface area contributed by atoms with Crippen molar-refractivity contribution < 1.29 is 27.4 Å². The number of nitrogens with one attached hydrogen (secondary N) is 2. The fraction of sp³-hybridized carbons (Fsp3) is 0.321. The van der Waals surface area contributed by atoms with Crippen LogP contribution in [0.5, 0.6) is 11.5 Å². The van der Waals surface area contributed by atoms with Crippen LogP contribution in [0.25, 0.3) is 0 Å². The zero-order valence-corrected chi connectivity index (χ0v) is 20.8. The van der Waals surface area contributed by atoms with E-state index in [1.807, 2.05) is 49.4 Å². The van der Waals surface area contributed by atoms with Crippen LogP contribution in [0.1, 0.15) is 41.6 Å². The zero-order chi connectivity index (χ0) is 26.3. The van der Waals surface area contributed by atoms with Gasteiger partial charge in [0.05, 0.1) is 19.8 Å². The van der Waals surface area contributed by atoms with Crippen LogP contribution in [-0.2, 0) is 22.9 Å². The molecule has 3 aromatic rings. The molecule has 0 saturated carbocycles. The monoisotopic (exact) mass is 500 g/mol. The predicted octanol–water partition coefficient (Wildman–Crippen LogP) is 5.65. The molecular formula is C28H31F3N2O3. The Labute approximate surface area is 209 Å². The molecule has 0 saturated heterocycles. The lowest BCUT2D eigenvalue weighted by Gasteiger charge is -2.35. The van der Waals surface area contributed by atoms with E-state index in [0.29, 0.717) is 24.3 Å². The van der Waals surface area contributed by atoms with Gasteiger partial charge in [0.1, 0.15) is 5.54 Å². The largest absolute Gasteiger partial charge is 0.493 e. The second-order valence-corrected chi connectivity index (χ2v) is 8.61. The fourth-order valence-electron chi connectivity index (χ4n) is 4.21. The average molecular weight is 501 g/mol. The first-order chi connectivity index (χ1) is 17.1. The number of methoxy groups -OCH3 is 2.